The third kappa shape index (κ3) is 2.20. The summed E-state index contributed by atoms with van der Waals surface area (Å²) in [5, 5.41) is 0.609. The Morgan fingerprint density at radius 1 is 1.33 bits per heavy atom. The summed E-state index contributed by atoms with van der Waals surface area (Å²) in [6, 6.07) is 0. The van der Waals surface area contributed by atoms with Gasteiger partial charge in [-0.1, -0.05) is 31.4 Å². The predicted molar refractivity (Wildman–Crippen MR) is 73.9 cm³/mol. The van der Waals surface area contributed by atoms with Crippen molar-refractivity contribution in [1.82, 2.24) is 9.97 Å². The van der Waals surface area contributed by atoms with Crippen molar-refractivity contribution in [2.75, 3.05) is 18.0 Å². The van der Waals surface area contributed by atoms with Crippen LogP contribution in [0.5, 0.6) is 0 Å². The zero-order valence-corrected chi connectivity index (χ0v) is 11.7. The van der Waals surface area contributed by atoms with E-state index in [9.17, 15) is 0 Å². The number of anilines is 1. The van der Waals surface area contributed by atoms with E-state index in [0.717, 1.165) is 25.0 Å². The number of hydrogen-bond donors (Lipinski definition) is 0. The van der Waals surface area contributed by atoms with Crippen LogP contribution in [0.4, 0.5) is 5.95 Å². The number of halogens is 1. The first-order chi connectivity index (χ1) is 8.73. The largest absolute Gasteiger partial charge is 0.341 e. The van der Waals surface area contributed by atoms with Crippen molar-refractivity contribution < 1.29 is 0 Å². The Balaban J connectivity index is 1.59. The second-order valence-electron chi connectivity index (χ2n) is 5.74. The monoisotopic (exact) mass is 265 g/mol. The molecule has 18 heavy (non-hydrogen) atoms. The summed E-state index contributed by atoms with van der Waals surface area (Å²) in [6.07, 6.45) is 10.2. The third-order valence-electron chi connectivity index (χ3n) is 4.64. The molecule has 2 aliphatic rings. The predicted octanol–water partition coefficient (Wildman–Crippen LogP) is 3.54. The van der Waals surface area contributed by atoms with Gasteiger partial charge in [0.05, 0.1) is 17.4 Å². The topological polar surface area (TPSA) is 29.0 Å². The zero-order chi connectivity index (χ0) is 12.6. The Hall–Kier alpha value is -0.830. The maximum atomic E-state index is 5.82. The van der Waals surface area contributed by atoms with Gasteiger partial charge in [-0.05, 0) is 30.6 Å². The van der Waals surface area contributed by atoms with E-state index in [-0.39, 0.29) is 0 Å². The Bertz CT molecular complexity index is 410. The summed E-state index contributed by atoms with van der Waals surface area (Å²) < 4.78 is 0. The van der Waals surface area contributed by atoms with Gasteiger partial charge in [0.15, 0.2) is 0 Å². The highest BCUT2D eigenvalue weighted by atomic mass is 35.5. The molecule has 0 bridgehead atoms. The Morgan fingerprint density at radius 3 is 2.61 bits per heavy atom. The summed E-state index contributed by atoms with van der Waals surface area (Å²) in [5.74, 6) is 1.83. The van der Waals surface area contributed by atoms with Crippen LogP contribution in [0, 0.1) is 11.3 Å². The third-order valence-corrected chi connectivity index (χ3v) is 4.84. The average Bonchev–Trinajstić information content (AvgIpc) is 3.05. The maximum absolute atomic E-state index is 5.82. The van der Waals surface area contributed by atoms with E-state index in [1.807, 2.05) is 0 Å². The van der Waals surface area contributed by atoms with Crippen molar-refractivity contribution in [3.8, 4) is 0 Å². The zero-order valence-electron chi connectivity index (χ0n) is 10.9. The van der Waals surface area contributed by atoms with E-state index in [1.165, 1.54) is 32.1 Å². The van der Waals surface area contributed by atoms with Crippen LogP contribution in [0.2, 0.25) is 5.02 Å². The molecule has 2 heterocycles. The average molecular weight is 266 g/mol. The summed E-state index contributed by atoms with van der Waals surface area (Å²) in [7, 11) is 0. The van der Waals surface area contributed by atoms with Crippen molar-refractivity contribution in [2.45, 2.75) is 39.0 Å². The molecule has 1 aliphatic heterocycles. The minimum atomic E-state index is 0.609. The fraction of sp³-hybridized carbons (Fsp3) is 0.714. The summed E-state index contributed by atoms with van der Waals surface area (Å²) in [4.78, 5) is 10.9. The molecule has 3 rings (SSSR count). The molecule has 0 amide bonds. The molecule has 1 saturated heterocycles. The number of rotatable bonds is 3. The lowest BCUT2D eigenvalue weighted by Crippen LogP contribution is -2.36. The van der Waals surface area contributed by atoms with E-state index in [4.69, 9.17) is 11.6 Å². The Labute approximate surface area is 114 Å². The first-order valence-electron chi connectivity index (χ1n) is 6.96. The van der Waals surface area contributed by atoms with E-state index in [2.05, 4.69) is 21.8 Å². The van der Waals surface area contributed by atoms with Crippen LogP contribution in [0.1, 0.15) is 39.0 Å². The molecule has 4 heteroatoms. The van der Waals surface area contributed by atoms with Gasteiger partial charge < -0.3 is 4.90 Å². The van der Waals surface area contributed by atoms with Crippen molar-refractivity contribution in [3.05, 3.63) is 17.4 Å². The molecule has 1 saturated carbocycles. The van der Waals surface area contributed by atoms with Crippen LogP contribution < -0.4 is 4.90 Å². The van der Waals surface area contributed by atoms with Crippen LogP contribution in [0.15, 0.2) is 12.4 Å². The molecule has 0 N–H and O–H groups in total. The van der Waals surface area contributed by atoms with Crippen LogP contribution >= 0.6 is 11.6 Å². The van der Waals surface area contributed by atoms with Gasteiger partial charge in [-0.2, -0.15) is 0 Å². The molecule has 1 aromatic rings. The Kier molecular flexibility index (Phi) is 3.18. The molecule has 0 radical (unpaired) electrons. The lowest BCUT2D eigenvalue weighted by molar-refractivity contribution is 0.339. The van der Waals surface area contributed by atoms with Gasteiger partial charge in [-0.15, -0.1) is 0 Å². The molecule has 1 aliphatic carbocycles. The molecule has 1 atom stereocenters. The van der Waals surface area contributed by atoms with Gasteiger partial charge in [0.2, 0.25) is 5.95 Å². The molecular weight excluding hydrogens is 246 g/mol. The Morgan fingerprint density at radius 2 is 2.00 bits per heavy atom. The van der Waals surface area contributed by atoms with Crippen LogP contribution in [0.3, 0.4) is 0 Å². The summed E-state index contributed by atoms with van der Waals surface area (Å²) in [5.41, 5.74) is 0.679. The van der Waals surface area contributed by atoms with Crippen molar-refractivity contribution in [1.29, 1.82) is 0 Å². The minimum absolute atomic E-state index is 0.609. The lowest BCUT2D eigenvalue weighted by Gasteiger charge is -2.33. The van der Waals surface area contributed by atoms with Gasteiger partial charge in [-0.25, -0.2) is 9.97 Å². The van der Waals surface area contributed by atoms with E-state index in [1.54, 1.807) is 12.4 Å². The van der Waals surface area contributed by atoms with Gasteiger partial charge in [0.25, 0.3) is 0 Å². The van der Waals surface area contributed by atoms with E-state index in [0.29, 0.717) is 10.4 Å². The number of nitrogens with zero attached hydrogens (tertiary/aromatic N) is 3. The van der Waals surface area contributed by atoms with Gasteiger partial charge in [-0.3, -0.25) is 0 Å². The molecule has 2 fully saturated rings. The highest BCUT2D eigenvalue weighted by Crippen LogP contribution is 2.61. The second kappa shape index (κ2) is 4.69. The maximum Gasteiger partial charge on any atom is 0.225 e. The molecule has 98 valence electrons. The number of aromatic nitrogens is 2. The quantitative estimate of drug-likeness (QED) is 0.837. The first kappa shape index (κ1) is 12.2. The standard InChI is InChI=1S/C14H20ClN3/c1-2-3-11-8-14(11)4-6-18(7-5-14)13-16-9-12(15)10-17-13/h9-11H,2-8H2,1H3. The van der Waals surface area contributed by atoms with Crippen molar-refractivity contribution >= 4 is 17.5 Å². The molecule has 1 unspecified atom stereocenters. The highest BCUT2D eigenvalue weighted by molar-refractivity contribution is 6.30. The van der Waals surface area contributed by atoms with Gasteiger partial charge in [0, 0.05) is 13.1 Å². The molecule has 0 aromatic carbocycles. The molecule has 1 spiro atoms. The van der Waals surface area contributed by atoms with Gasteiger partial charge in [0.1, 0.15) is 0 Å². The normalized spacial score (nSPS) is 25.4. The van der Waals surface area contributed by atoms with Crippen LogP contribution in [-0.4, -0.2) is 23.1 Å². The fourth-order valence-electron chi connectivity index (χ4n) is 3.42. The van der Waals surface area contributed by atoms with E-state index >= 15 is 0 Å². The first-order valence-corrected chi connectivity index (χ1v) is 7.34. The number of piperidine rings is 1. The van der Waals surface area contributed by atoms with Crippen molar-refractivity contribution in [2.24, 2.45) is 11.3 Å². The SMILES string of the molecule is CCCC1CC12CCN(c1ncc(Cl)cn1)CC2. The van der Waals surface area contributed by atoms with E-state index < -0.39 is 0 Å². The van der Waals surface area contributed by atoms with Crippen LogP contribution in [-0.2, 0) is 0 Å². The van der Waals surface area contributed by atoms with Crippen LogP contribution in [0.25, 0.3) is 0 Å². The molecule has 3 nitrogen and oxygen atoms in total. The molecular formula is C14H20ClN3. The second-order valence-corrected chi connectivity index (χ2v) is 6.18. The fourth-order valence-corrected chi connectivity index (χ4v) is 3.52. The van der Waals surface area contributed by atoms with Crippen molar-refractivity contribution in [3.63, 3.8) is 0 Å². The summed E-state index contributed by atoms with van der Waals surface area (Å²) >= 11 is 5.82. The lowest BCUT2D eigenvalue weighted by atomic mass is 9.90. The molecule has 1 aromatic heterocycles. The number of hydrogen-bond acceptors (Lipinski definition) is 3. The smallest absolute Gasteiger partial charge is 0.225 e. The highest BCUT2D eigenvalue weighted by Gasteiger charge is 2.53. The van der Waals surface area contributed by atoms with Gasteiger partial charge >= 0.3 is 0 Å². The minimum Gasteiger partial charge on any atom is -0.341 e. The summed E-state index contributed by atoms with van der Waals surface area (Å²) in [6.45, 7) is 4.49.